The Balaban J connectivity index is 2.03. The third-order valence-electron chi connectivity index (χ3n) is 5.28. The molecule has 0 aliphatic carbocycles. The first-order valence-electron chi connectivity index (χ1n) is 10.1. The van der Waals surface area contributed by atoms with E-state index < -0.39 is 0 Å². The van der Waals surface area contributed by atoms with Gasteiger partial charge in [0.2, 0.25) is 0 Å². The summed E-state index contributed by atoms with van der Waals surface area (Å²) in [6.07, 6.45) is 0.585. The first kappa shape index (κ1) is 21.6. The highest BCUT2D eigenvalue weighted by Crippen LogP contribution is 2.35. The average Bonchev–Trinajstić information content (AvgIpc) is 2.98. The van der Waals surface area contributed by atoms with Gasteiger partial charge < -0.3 is 14.8 Å². The average molecular weight is 408 g/mol. The minimum Gasteiger partial charge on any atom is -0.496 e. The molecule has 0 saturated carbocycles. The largest absolute Gasteiger partial charge is 0.496 e. The molecule has 0 bridgehead atoms. The lowest BCUT2D eigenvalue weighted by atomic mass is 10.0. The molecule has 0 aromatic heterocycles. The van der Waals surface area contributed by atoms with Crippen molar-refractivity contribution in [2.75, 3.05) is 32.2 Å². The topological polar surface area (TPSA) is 67.9 Å². The van der Waals surface area contributed by atoms with Gasteiger partial charge in [-0.25, -0.2) is 0 Å². The zero-order chi connectivity index (χ0) is 21.7. The van der Waals surface area contributed by atoms with E-state index in [9.17, 15) is 9.59 Å². The molecule has 2 aromatic carbocycles. The molecular weight excluding hydrogens is 380 g/mol. The van der Waals surface area contributed by atoms with E-state index >= 15 is 0 Å². The predicted molar refractivity (Wildman–Crippen MR) is 117 cm³/mol. The van der Waals surface area contributed by atoms with Crippen LogP contribution in [0.15, 0.2) is 48.2 Å². The molecule has 0 unspecified atom stereocenters. The Morgan fingerprint density at radius 2 is 1.77 bits per heavy atom. The molecule has 1 aliphatic heterocycles. The van der Waals surface area contributed by atoms with E-state index in [1.807, 2.05) is 51.1 Å². The van der Waals surface area contributed by atoms with Crippen LogP contribution < -0.4 is 10.1 Å². The summed E-state index contributed by atoms with van der Waals surface area (Å²) in [5, 5.41) is 3.24. The summed E-state index contributed by atoms with van der Waals surface area (Å²) in [5.74, 6) is -0.114. The Labute approximate surface area is 177 Å². The number of amides is 2. The van der Waals surface area contributed by atoms with Gasteiger partial charge in [-0.2, -0.15) is 0 Å². The fraction of sp³-hybridized carbons (Fsp3) is 0.333. The number of hydrogen-bond donors (Lipinski definition) is 1. The van der Waals surface area contributed by atoms with Crippen LogP contribution in [-0.4, -0.2) is 43.6 Å². The predicted octanol–water partition coefficient (Wildman–Crippen LogP) is 3.93. The smallest absolute Gasteiger partial charge is 0.278 e. The summed E-state index contributed by atoms with van der Waals surface area (Å²) in [5.41, 5.74) is 4.13. The molecule has 0 spiro atoms. The summed E-state index contributed by atoms with van der Waals surface area (Å²) < 4.78 is 10.8. The van der Waals surface area contributed by atoms with Gasteiger partial charge in [0.05, 0.1) is 12.7 Å². The number of anilines is 1. The van der Waals surface area contributed by atoms with Crippen molar-refractivity contribution in [3.05, 3.63) is 64.9 Å². The van der Waals surface area contributed by atoms with Crippen LogP contribution >= 0.6 is 0 Å². The number of methoxy groups -OCH3 is 1. The molecule has 0 fully saturated rings. The SMILES string of the molecule is CCOCCCN1C(=O)C(Nc2cccc(C)c2C)=C(c2ccccc2OC)C1=O. The highest BCUT2D eigenvalue weighted by Gasteiger charge is 2.40. The standard InChI is InChI=1S/C24H28N2O4/c1-5-30-15-9-14-26-23(27)21(18-11-6-7-13-20(18)29-4)22(24(26)28)25-19-12-8-10-16(2)17(19)3/h6-8,10-13,25H,5,9,14-15H2,1-4H3. The summed E-state index contributed by atoms with van der Waals surface area (Å²) in [7, 11) is 1.55. The van der Waals surface area contributed by atoms with Gasteiger partial charge in [0, 0.05) is 31.0 Å². The fourth-order valence-electron chi connectivity index (χ4n) is 3.49. The van der Waals surface area contributed by atoms with Gasteiger partial charge in [-0.3, -0.25) is 14.5 Å². The third-order valence-corrected chi connectivity index (χ3v) is 5.28. The molecule has 1 N–H and O–H groups in total. The molecule has 1 aliphatic rings. The molecule has 0 saturated heterocycles. The molecule has 158 valence electrons. The Bertz CT molecular complexity index is 981. The van der Waals surface area contributed by atoms with Crippen molar-refractivity contribution >= 4 is 23.1 Å². The molecule has 6 heteroatoms. The van der Waals surface area contributed by atoms with Crippen LogP contribution in [0.25, 0.3) is 5.57 Å². The van der Waals surface area contributed by atoms with Crippen LogP contribution in [0.2, 0.25) is 0 Å². The summed E-state index contributed by atoms with van der Waals surface area (Å²) in [6.45, 7) is 7.32. The third kappa shape index (κ3) is 4.24. The van der Waals surface area contributed by atoms with Crippen molar-refractivity contribution in [3.63, 3.8) is 0 Å². The maximum atomic E-state index is 13.3. The van der Waals surface area contributed by atoms with Gasteiger partial charge in [0.15, 0.2) is 0 Å². The van der Waals surface area contributed by atoms with E-state index in [1.165, 1.54) is 4.90 Å². The highest BCUT2D eigenvalue weighted by atomic mass is 16.5. The van der Waals surface area contributed by atoms with Gasteiger partial charge in [-0.15, -0.1) is 0 Å². The Hall–Kier alpha value is -3.12. The summed E-state index contributed by atoms with van der Waals surface area (Å²) >= 11 is 0. The maximum Gasteiger partial charge on any atom is 0.278 e. The van der Waals surface area contributed by atoms with Crippen LogP contribution in [0.4, 0.5) is 5.69 Å². The number of aryl methyl sites for hydroxylation is 1. The number of ether oxygens (including phenoxy) is 2. The summed E-state index contributed by atoms with van der Waals surface area (Å²) in [4.78, 5) is 27.9. The van der Waals surface area contributed by atoms with E-state index in [-0.39, 0.29) is 17.5 Å². The molecule has 1 heterocycles. The second kappa shape index (κ2) is 9.59. The molecule has 2 aromatic rings. The Kier molecular flexibility index (Phi) is 6.90. The van der Waals surface area contributed by atoms with E-state index in [0.29, 0.717) is 43.1 Å². The van der Waals surface area contributed by atoms with Crippen LogP contribution in [0.1, 0.15) is 30.0 Å². The zero-order valence-electron chi connectivity index (χ0n) is 18.0. The normalized spacial score (nSPS) is 13.9. The molecule has 0 atom stereocenters. The maximum absolute atomic E-state index is 13.3. The molecule has 3 rings (SSSR count). The molecule has 6 nitrogen and oxygen atoms in total. The summed E-state index contributed by atoms with van der Waals surface area (Å²) in [6, 6.07) is 13.1. The quantitative estimate of drug-likeness (QED) is 0.503. The number of imide groups is 1. The number of benzene rings is 2. The van der Waals surface area contributed by atoms with Crippen LogP contribution in [0, 0.1) is 13.8 Å². The zero-order valence-corrected chi connectivity index (χ0v) is 18.0. The fourth-order valence-corrected chi connectivity index (χ4v) is 3.49. The second-order valence-electron chi connectivity index (χ2n) is 7.14. The molecule has 30 heavy (non-hydrogen) atoms. The van der Waals surface area contributed by atoms with Crippen LogP contribution in [-0.2, 0) is 14.3 Å². The monoisotopic (exact) mass is 408 g/mol. The number of carbonyl (C=O) groups is 2. The lowest BCUT2D eigenvalue weighted by Gasteiger charge is -2.16. The highest BCUT2D eigenvalue weighted by molar-refractivity contribution is 6.37. The number of rotatable bonds is 9. The number of nitrogens with one attached hydrogen (secondary N) is 1. The van der Waals surface area contributed by atoms with Gasteiger partial charge in [-0.05, 0) is 50.5 Å². The molecular formula is C24H28N2O4. The van der Waals surface area contributed by atoms with Crippen LogP contribution in [0.3, 0.4) is 0 Å². The van der Waals surface area contributed by atoms with E-state index in [1.54, 1.807) is 19.2 Å². The number of hydrogen-bond acceptors (Lipinski definition) is 5. The molecule has 0 radical (unpaired) electrons. The lowest BCUT2D eigenvalue weighted by molar-refractivity contribution is -0.137. The van der Waals surface area contributed by atoms with Gasteiger partial charge in [0.25, 0.3) is 11.8 Å². The van der Waals surface area contributed by atoms with Crippen molar-refractivity contribution in [1.29, 1.82) is 0 Å². The van der Waals surface area contributed by atoms with Gasteiger partial charge >= 0.3 is 0 Å². The minimum absolute atomic E-state index is 0.273. The first-order chi connectivity index (χ1) is 14.5. The molecule has 2 amide bonds. The van der Waals surface area contributed by atoms with Crippen molar-refractivity contribution in [1.82, 2.24) is 4.90 Å². The second-order valence-corrected chi connectivity index (χ2v) is 7.14. The van der Waals surface area contributed by atoms with Gasteiger partial charge in [-0.1, -0.05) is 30.3 Å². The number of nitrogens with zero attached hydrogens (tertiary/aromatic N) is 1. The Morgan fingerprint density at radius 1 is 1.00 bits per heavy atom. The lowest BCUT2D eigenvalue weighted by Crippen LogP contribution is -2.34. The van der Waals surface area contributed by atoms with Crippen molar-refractivity contribution in [2.24, 2.45) is 0 Å². The van der Waals surface area contributed by atoms with Crippen LogP contribution in [0.5, 0.6) is 5.75 Å². The van der Waals surface area contributed by atoms with E-state index in [2.05, 4.69) is 5.32 Å². The Morgan fingerprint density at radius 3 is 2.50 bits per heavy atom. The van der Waals surface area contributed by atoms with Gasteiger partial charge in [0.1, 0.15) is 11.4 Å². The van der Waals surface area contributed by atoms with E-state index in [0.717, 1.165) is 16.8 Å². The van der Waals surface area contributed by atoms with Crippen molar-refractivity contribution in [2.45, 2.75) is 27.2 Å². The van der Waals surface area contributed by atoms with Crippen molar-refractivity contribution in [3.8, 4) is 5.75 Å². The minimum atomic E-state index is -0.335. The number of carbonyl (C=O) groups excluding carboxylic acids is 2. The first-order valence-corrected chi connectivity index (χ1v) is 10.1. The van der Waals surface area contributed by atoms with E-state index in [4.69, 9.17) is 9.47 Å². The number of para-hydroxylation sites is 1. The van der Waals surface area contributed by atoms with Crippen molar-refractivity contribution < 1.29 is 19.1 Å².